The fourth-order valence-electron chi connectivity index (χ4n) is 2.31. The number of hydrogen-bond donors (Lipinski definition) is 1. The van der Waals surface area contributed by atoms with Crippen molar-refractivity contribution in [1.82, 2.24) is 0 Å². The highest BCUT2D eigenvalue weighted by Crippen LogP contribution is 2.25. The molecule has 2 rings (SSSR count). The number of aryl methyl sites for hydroxylation is 1. The van der Waals surface area contributed by atoms with Crippen molar-refractivity contribution in [2.75, 3.05) is 11.4 Å². The fourth-order valence-corrected chi connectivity index (χ4v) is 2.31. The molecule has 1 heterocycles. The van der Waals surface area contributed by atoms with Gasteiger partial charge in [0.15, 0.2) is 0 Å². The molecular formula is C14H20N2O. The standard InChI is InChI=1S/C14H20N2O/c1-11-6-7-12(10-15)9-13(11)16-8-4-2-3-5-14(16)17/h6-7,9H,2-5,8,10,15H2,1H3. The zero-order valence-corrected chi connectivity index (χ0v) is 10.4. The minimum Gasteiger partial charge on any atom is -0.326 e. The number of carbonyl (C=O) groups is 1. The van der Waals surface area contributed by atoms with E-state index in [-0.39, 0.29) is 5.91 Å². The summed E-state index contributed by atoms with van der Waals surface area (Å²) in [5, 5.41) is 0. The highest BCUT2D eigenvalue weighted by Gasteiger charge is 2.19. The summed E-state index contributed by atoms with van der Waals surface area (Å²) >= 11 is 0. The molecule has 0 unspecified atom stereocenters. The van der Waals surface area contributed by atoms with E-state index in [4.69, 9.17) is 5.73 Å². The molecular weight excluding hydrogens is 212 g/mol. The molecule has 0 aliphatic carbocycles. The van der Waals surface area contributed by atoms with E-state index in [9.17, 15) is 4.79 Å². The number of hydrogen-bond acceptors (Lipinski definition) is 2. The molecule has 1 amide bonds. The molecule has 1 aromatic carbocycles. The van der Waals surface area contributed by atoms with Gasteiger partial charge in [0.2, 0.25) is 5.91 Å². The molecule has 0 saturated carbocycles. The van der Waals surface area contributed by atoms with Gasteiger partial charge in [-0.15, -0.1) is 0 Å². The summed E-state index contributed by atoms with van der Waals surface area (Å²) in [5.41, 5.74) is 8.94. The van der Waals surface area contributed by atoms with Gasteiger partial charge in [-0.3, -0.25) is 4.79 Å². The first-order valence-corrected chi connectivity index (χ1v) is 6.32. The number of carbonyl (C=O) groups excluding carboxylic acids is 1. The lowest BCUT2D eigenvalue weighted by atomic mass is 10.1. The Balaban J connectivity index is 2.33. The molecule has 92 valence electrons. The first kappa shape index (κ1) is 12.1. The Morgan fingerprint density at radius 1 is 1.29 bits per heavy atom. The molecule has 1 aliphatic heterocycles. The van der Waals surface area contributed by atoms with Crippen molar-refractivity contribution in [3.05, 3.63) is 29.3 Å². The summed E-state index contributed by atoms with van der Waals surface area (Å²) in [6.45, 7) is 3.41. The second kappa shape index (κ2) is 5.32. The van der Waals surface area contributed by atoms with Crippen LogP contribution in [0.15, 0.2) is 18.2 Å². The van der Waals surface area contributed by atoms with Crippen molar-refractivity contribution in [3.8, 4) is 0 Å². The minimum absolute atomic E-state index is 0.250. The lowest BCUT2D eigenvalue weighted by Gasteiger charge is -2.23. The third-order valence-corrected chi connectivity index (χ3v) is 3.37. The van der Waals surface area contributed by atoms with Gasteiger partial charge in [-0.05, 0) is 37.0 Å². The van der Waals surface area contributed by atoms with Gasteiger partial charge in [-0.1, -0.05) is 18.6 Å². The van der Waals surface area contributed by atoms with Crippen molar-refractivity contribution in [3.63, 3.8) is 0 Å². The van der Waals surface area contributed by atoms with Gasteiger partial charge in [-0.25, -0.2) is 0 Å². The Morgan fingerprint density at radius 2 is 2.12 bits per heavy atom. The molecule has 1 saturated heterocycles. The van der Waals surface area contributed by atoms with Crippen molar-refractivity contribution in [1.29, 1.82) is 0 Å². The zero-order chi connectivity index (χ0) is 12.3. The second-order valence-corrected chi connectivity index (χ2v) is 4.68. The van der Waals surface area contributed by atoms with Crippen molar-refractivity contribution in [2.24, 2.45) is 5.73 Å². The molecule has 0 radical (unpaired) electrons. The number of anilines is 1. The Bertz CT molecular complexity index is 415. The summed E-state index contributed by atoms with van der Waals surface area (Å²) in [6, 6.07) is 6.13. The van der Waals surface area contributed by atoms with Crippen LogP contribution < -0.4 is 10.6 Å². The van der Waals surface area contributed by atoms with Crippen LogP contribution in [0.25, 0.3) is 0 Å². The van der Waals surface area contributed by atoms with Crippen LogP contribution in [0.1, 0.15) is 36.8 Å². The molecule has 0 bridgehead atoms. The molecule has 1 fully saturated rings. The van der Waals surface area contributed by atoms with Gasteiger partial charge in [-0.2, -0.15) is 0 Å². The normalized spacial score (nSPS) is 17.1. The SMILES string of the molecule is Cc1ccc(CN)cc1N1CCCCCC1=O. The van der Waals surface area contributed by atoms with Crippen LogP contribution in [-0.4, -0.2) is 12.5 Å². The fraction of sp³-hybridized carbons (Fsp3) is 0.500. The predicted molar refractivity (Wildman–Crippen MR) is 69.9 cm³/mol. The molecule has 2 N–H and O–H groups in total. The highest BCUT2D eigenvalue weighted by molar-refractivity contribution is 5.94. The number of benzene rings is 1. The number of rotatable bonds is 2. The molecule has 1 aromatic rings. The van der Waals surface area contributed by atoms with Gasteiger partial charge in [0.25, 0.3) is 0 Å². The maximum atomic E-state index is 12.1. The lowest BCUT2D eigenvalue weighted by molar-refractivity contribution is -0.118. The van der Waals surface area contributed by atoms with E-state index in [1.807, 2.05) is 17.9 Å². The van der Waals surface area contributed by atoms with Crippen LogP contribution in [0.5, 0.6) is 0 Å². The molecule has 3 heteroatoms. The van der Waals surface area contributed by atoms with E-state index < -0.39 is 0 Å². The Hall–Kier alpha value is -1.35. The zero-order valence-electron chi connectivity index (χ0n) is 10.4. The van der Waals surface area contributed by atoms with Gasteiger partial charge < -0.3 is 10.6 Å². The van der Waals surface area contributed by atoms with Crippen molar-refractivity contribution >= 4 is 11.6 Å². The lowest BCUT2D eigenvalue weighted by Crippen LogP contribution is -2.30. The third kappa shape index (κ3) is 2.67. The maximum Gasteiger partial charge on any atom is 0.226 e. The summed E-state index contributed by atoms with van der Waals surface area (Å²) < 4.78 is 0. The average molecular weight is 232 g/mol. The minimum atomic E-state index is 0.250. The number of amides is 1. The molecule has 1 aliphatic rings. The summed E-state index contributed by atoms with van der Waals surface area (Å²) in [7, 11) is 0. The molecule has 0 atom stereocenters. The van der Waals surface area contributed by atoms with Crippen LogP contribution in [0, 0.1) is 6.92 Å². The molecule has 0 spiro atoms. The molecule has 3 nitrogen and oxygen atoms in total. The second-order valence-electron chi connectivity index (χ2n) is 4.68. The van der Waals surface area contributed by atoms with Crippen LogP contribution in [-0.2, 0) is 11.3 Å². The van der Waals surface area contributed by atoms with E-state index in [0.29, 0.717) is 13.0 Å². The van der Waals surface area contributed by atoms with Crippen LogP contribution in [0.2, 0.25) is 0 Å². The molecule has 17 heavy (non-hydrogen) atoms. The third-order valence-electron chi connectivity index (χ3n) is 3.37. The maximum absolute atomic E-state index is 12.1. The topological polar surface area (TPSA) is 46.3 Å². The predicted octanol–water partition coefficient (Wildman–Crippen LogP) is 2.36. The van der Waals surface area contributed by atoms with Gasteiger partial charge in [0, 0.05) is 25.2 Å². The highest BCUT2D eigenvalue weighted by atomic mass is 16.2. The average Bonchev–Trinajstić information content (AvgIpc) is 2.55. The van der Waals surface area contributed by atoms with Gasteiger partial charge in [0.1, 0.15) is 0 Å². The largest absolute Gasteiger partial charge is 0.326 e. The monoisotopic (exact) mass is 232 g/mol. The van der Waals surface area contributed by atoms with Gasteiger partial charge in [0.05, 0.1) is 0 Å². The Morgan fingerprint density at radius 3 is 2.88 bits per heavy atom. The summed E-state index contributed by atoms with van der Waals surface area (Å²) in [5.74, 6) is 0.250. The van der Waals surface area contributed by atoms with E-state index in [0.717, 1.165) is 42.6 Å². The summed E-state index contributed by atoms with van der Waals surface area (Å²) in [4.78, 5) is 14.0. The number of nitrogens with two attached hydrogens (primary N) is 1. The first-order chi connectivity index (χ1) is 8.22. The van der Waals surface area contributed by atoms with E-state index in [1.165, 1.54) is 0 Å². The van der Waals surface area contributed by atoms with Crippen molar-refractivity contribution < 1.29 is 4.79 Å². The Kier molecular flexibility index (Phi) is 3.79. The van der Waals surface area contributed by atoms with E-state index >= 15 is 0 Å². The van der Waals surface area contributed by atoms with Crippen molar-refractivity contribution in [2.45, 2.75) is 39.2 Å². The summed E-state index contributed by atoms with van der Waals surface area (Å²) in [6.07, 6.45) is 3.94. The first-order valence-electron chi connectivity index (χ1n) is 6.32. The molecule has 0 aromatic heterocycles. The number of nitrogens with zero attached hydrogens (tertiary/aromatic N) is 1. The quantitative estimate of drug-likeness (QED) is 0.850. The van der Waals surface area contributed by atoms with Crippen LogP contribution in [0.4, 0.5) is 5.69 Å². The van der Waals surface area contributed by atoms with E-state index in [2.05, 4.69) is 12.1 Å². The van der Waals surface area contributed by atoms with Crippen LogP contribution in [0.3, 0.4) is 0 Å². The van der Waals surface area contributed by atoms with E-state index in [1.54, 1.807) is 0 Å². The Labute approximate surface area is 103 Å². The smallest absolute Gasteiger partial charge is 0.226 e. The van der Waals surface area contributed by atoms with Crippen LogP contribution >= 0.6 is 0 Å². The van der Waals surface area contributed by atoms with Gasteiger partial charge >= 0.3 is 0 Å².